The van der Waals surface area contributed by atoms with Crippen molar-refractivity contribution >= 4 is 68.9 Å². The maximum Gasteiger partial charge on any atom is 0.236 e. The molecular formula is C18H18Cl2N6O2S2. The number of nitrogens with zero attached hydrogens (tertiary/aromatic N) is 4. The lowest BCUT2D eigenvalue weighted by Gasteiger charge is -2.08. The molecule has 3 rings (SSSR count). The van der Waals surface area contributed by atoms with E-state index < -0.39 is 0 Å². The molecule has 0 unspecified atom stereocenters. The molecule has 0 aliphatic carbocycles. The summed E-state index contributed by atoms with van der Waals surface area (Å²) in [6.07, 6.45) is -0.00321. The van der Waals surface area contributed by atoms with Crippen molar-refractivity contribution in [2.24, 2.45) is 7.05 Å². The van der Waals surface area contributed by atoms with Crippen LogP contribution in [0.2, 0.25) is 10.0 Å². The zero-order chi connectivity index (χ0) is 21.8. The molecule has 1 aromatic carbocycles. The van der Waals surface area contributed by atoms with Gasteiger partial charge in [-0.25, -0.2) is 4.98 Å². The van der Waals surface area contributed by atoms with Gasteiger partial charge >= 0.3 is 0 Å². The van der Waals surface area contributed by atoms with Crippen molar-refractivity contribution < 1.29 is 9.59 Å². The van der Waals surface area contributed by atoms with Gasteiger partial charge in [0.1, 0.15) is 5.82 Å². The minimum absolute atomic E-state index is 0.00321. The fourth-order valence-electron chi connectivity index (χ4n) is 2.37. The summed E-state index contributed by atoms with van der Waals surface area (Å²) in [5, 5.41) is 15.3. The maximum absolute atomic E-state index is 12.3. The predicted molar refractivity (Wildman–Crippen MR) is 121 cm³/mol. The first-order valence-electron chi connectivity index (χ1n) is 8.73. The van der Waals surface area contributed by atoms with Gasteiger partial charge in [0.05, 0.1) is 33.6 Å². The van der Waals surface area contributed by atoms with Gasteiger partial charge in [0, 0.05) is 11.9 Å². The smallest absolute Gasteiger partial charge is 0.236 e. The number of carbonyl (C=O) groups excluding carboxylic acids is 2. The number of thiazole rings is 1. The van der Waals surface area contributed by atoms with Gasteiger partial charge in [-0.2, -0.15) is 0 Å². The molecular weight excluding hydrogens is 467 g/mol. The molecule has 2 amide bonds. The highest BCUT2D eigenvalue weighted by Crippen LogP contribution is 2.29. The van der Waals surface area contributed by atoms with Crippen molar-refractivity contribution in [3.63, 3.8) is 0 Å². The summed E-state index contributed by atoms with van der Waals surface area (Å²) in [6, 6.07) is 4.99. The molecule has 0 bridgehead atoms. The minimum atomic E-state index is -0.307. The fourth-order valence-corrected chi connectivity index (χ4v) is 4.28. The van der Waals surface area contributed by atoms with E-state index in [1.54, 1.807) is 29.8 Å². The van der Waals surface area contributed by atoms with E-state index >= 15 is 0 Å². The van der Waals surface area contributed by atoms with E-state index in [0.717, 1.165) is 10.6 Å². The van der Waals surface area contributed by atoms with Crippen LogP contribution in [0.4, 0.5) is 10.8 Å². The predicted octanol–water partition coefficient (Wildman–Crippen LogP) is 4.11. The van der Waals surface area contributed by atoms with Crippen molar-refractivity contribution in [2.75, 3.05) is 16.4 Å². The Hall–Kier alpha value is -2.14. The van der Waals surface area contributed by atoms with Crippen LogP contribution in [0.15, 0.2) is 23.4 Å². The normalized spacial score (nSPS) is 10.8. The molecule has 0 radical (unpaired) electrons. The molecule has 30 heavy (non-hydrogen) atoms. The molecule has 2 aromatic heterocycles. The third kappa shape index (κ3) is 5.51. The number of hydrogen-bond acceptors (Lipinski definition) is 7. The van der Waals surface area contributed by atoms with Gasteiger partial charge in [-0.3, -0.25) is 9.59 Å². The Morgan fingerprint density at radius 2 is 1.93 bits per heavy atom. The van der Waals surface area contributed by atoms with Gasteiger partial charge in [0.2, 0.25) is 11.8 Å². The van der Waals surface area contributed by atoms with Gasteiger partial charge in [0.15, 0.2) is 10.3 Å². The monoisotopic (exact) mass is 484 g/mol. The topological polar surface area (TPSA) is 102 Å². The average Bonchev–Trinajstić information content (AvgIpc) is 3.19. The number of hydrogen-bond donors (Lipinski definition) is 2. The molecule has 0 saturated carbocycles. The van der Waals surface area contributed by atoms with Crippen LogP contribution in [0.25, 0.3) is 0 Å². The summed E-state index contributed by atoms with van der Waals surface area (Å²) >= 11 is 14.7. The van der Waals surface area contributed by atoms with Crippen LogP contribution in [0.1, 0.15) is 16.4 Å². The second-order valence-corrected chi connectivity index (χ2v) is 9.21. The Morgan fingerprint density at radius 3 is 2.63 bits per heavy atom. The number of amides is 2. The Balaban J connectivity index is 1.55. The van der Waals surface area contributed by atoms with E-state index in [1.165, 1.54) is 23.1 Å². The molecule has 0 atom stereocenters. The number of halogens is 2. The number of anilines is 2. The Kier molecular flexibility index (Phi) is 7.35. The van der Waals surface area contributed by atoms with Crippen LogP contribution in [-0.4, -0.2) is 37.3 Å². The second-order valence-electron chi connectivity index (χ2n) is 6.28. The zero-order valence-corrected chi connectivity index (χ0v) is 19.5. The largest absolute Gasteiger partial charge is 0.324 e. The molecule has 0 spiro atoms. The minimum Gasteiger partial charge on any atom is -0.324 e. The van der Waals surface area contributed by atoms with Crippen LogP contribution in [0.5, 0.6) is 0 Å². The van der Waals surface area contributed by atoms with Crippen molar-refractivity contribution in [3.8, 4) is 0 Å². The van der Waals surface area contributed by atoms with Gasteiger partial charge in [0.25, 0.3) is 0 Å². The van der Waals surface area contributed by atoms with E-state index in [2.05, 4.69) is 25.8 Å². The van der Waals surface area contributed by atoms with Gasteiger partial charge < -0.3 is 15.2 Å². The summed E-state index contributed by atoms with van der Waals surface area (Å²) in [4.78, 5) is 29.8. The molecule has 0 aliphatic heterocycles. The lowest BCUT2D eigenvalue weighted by molar-refractivity contribution is -0.116. The second kappa shape index (κ2) is 9.78. The average molecular weight is 485 g/mol. The maximum atomic E-state index is 12.3. The summed E-state index contributed by atoms with van der Waals surface area (Å²) in [5.41, 5.74) is 1.33. The fraction of sp³-hybridized carbons (Fsp3) is 0.278. The van der Waals surface area contributed by atoms with Crippen molar-refractivity contribution in [1.29, 1.82) is 0 Å². The third-order valence-electron chi connectivity index (χ3n) is 4.08. The molecule has 2 N–H and O–H groups in total. The van der Waals surface area contributed by atoms with Crippen molar-refractivity contribution in [2.45, 2.75) is 25.4 Å². The van der Waals surface area contributed by atoms with Gasteiger partial charge in [-0.05, 0) is 26.0 Å². The van der Waals surface area contributed by atoms with E-state index in [-0.39, 0.29) is 29.0 Å². The quantitative estimate of drug-likeness (QED) is 0.489. The number of benzene rings is 1. The third-order valence-corrected chi connectivity index (χ3v) is 6.90. The summed E-state index contributed by atoms with van der Waals surface area (Å²) in [5.74, 6) is 0.110. The molecule has 0 fully saturated rings. The molecule has 12 heteroatoms. The van der Waals surface area contributed by atoms with E-state index in [4.69, 9.17) is 23.2 Å². The Bertz CT molecular complexity index is 1080. The highest BCUT2D eigenvalue weighted by molar-refractivity contribution is 7.99. The summed E-state index contributed by atoms with van der Waals surface area (Å²) < 4.78 is 1.68. The molecule has 0 aliphatic rings. The number of aromatic nitrogens is 4. The number of rotatable bonds is 7. The van der Waals surface area contributed by atoms with Crippen LogP contribution >= 0.6 is 46.3 Å². The van der Waals surface area contributed by atoms with E-state index in [0.29, 0.717) is 26.8 Å². The zero-order valence-electron chi connectivity index (χ0n) is 16.3. The van der Waals surface area contributed by atoms with Crippen LogP contribution in [0, 0.1) is 13.8 Å². The molecule has 2 heterocycles. The summed E-state index contributed by atoms with van der Waals surface area (Å²) in [6.45, 7) is 3.85. The Labute approximate surface area is 191 Å². The summed E-state index contributed by atoms with van der Waals surface area (Å²) in [7, 11) is 1.74. The van der Waals surface area contributed by atoms with Gasteiger partial charge in [-0.15, -0.1) is 21.5 Å². The lowest BCUT2D eigenvalue weighted by atomic mass is 10.3. The highest BCUT2D eigenvalue weighted by Gasteiger charge is 2.16. The molecule has 0 saturated heterocycles. The SMILES string of the molecule is Cc1nc(NC(=O)CSc2nnc(CC(=O)Nc3cccc(Cl)c3Cl)n2C)sc1C. The number of thioether (sulfide) groups is 1. The highest BCUT2D eigenvalue weighted by atomic mass is 35.5. The first-order chi connectivity index (χ1) is 14.2. The van der Waals surface area contributed by atoms with Crippen molar-refractivity contribution in [3.05, 3.63) is 44.6 Å². The standard InChI is InChI=1S/C18H18Cl2N6O2S2/c1-9-10(2)30-17(21-9)23-15(28)8-29-18-25-24-13(26(18)3)7-14(27)22-12-6-4-5-11(19)16(12)20/h4-6H,7-8H2,1-3H3,(H,22,27)(H,21,23,28). The first kappa shape index (κ1) is 22.5. The Morgan fingerprint density at radius 1 is 1.17 bits per heavy atom. The number of nitrogens with one attached hydrogen (secondary N) is 2. The van der Waals surface area contributed by atoms with E-state index in [9.17, 15) is 9.59 Å². The van der Waals surface area contributed by atoms with Crippen molar-refractivity contribution in [1.82, 2.24) is 19.7 Å². The van der Waals surface area contributed by atoms with Crippen LogP contribution in [-0.2, 0) is 23.1 Å². The lowest BCUT2D eigenvalue weighted by Crippen LogP contribution is -2.17. The van der Waals surface area contributed by atoms with Crippen LogP contribution < -0.4 is 10.6 Å². The number of carbonyl (C=O) groups is 2. The van der Waals surface area contributed by atoms with E-state index in [1.807, 2.05) is 13.8 Å². The first-order valence-corrected chi connectivity index (χ1v) is 11.3. The van der Waals surface area contributed by atoms with Gasteiger partial charge in [-0.1, -0.05) is 41.0 Å². The van der Waals surface area contributed by atoms with Crippen LogP contribution in [0.3, 0.4) is 0 Å². The number of aryl methyl sites for hydroxylation is 2. The molecule has 8 nitrogen and oxygen atoms in total. The molecule has 3 aromatic rings. The molecule has 158 valence electrons.